The number of nitrogens with zero attached hydrogens (tertiary/aromatic N) is 2. The van der Waals surface area contributed by atoms with Gasteiger partial charge in [-0.2, -0.15) is 0 Å². The summed E-state index contributed by atoms with van der Waals surface area (Å²) in [6.45, 7) is 3.97. The van der Waals surface area contributed by atoms with Gasteiger partial charge in [0, 0.05) is 18.7 Å². The average molecular weight is 385 g/mol. The van der Waals surface area contributed by atoms with E-state index in [0.29, 0.717) is 41.4 Å². The molecule has 1 saturated heterocycles. The van der Waals surface area contributed by atoms with Gasteiger partial charge in [-0.25, -0.2) is 4.98 Å². The maximum absolute atomic E-state index is 12.9. The highest BCUT2D eigenvalue weighted by atomic mass is 16.5. The van der Waals surface area contributed by atoms with Crippen LogP contribution in [-0.4, -0.2) is 42.6 Å². The minimum Gasteiger partial charge on any atom is -0.493 e. The van der Waals surface area contributed by atoms with Gasteiger partial charge in [0.15, 0.2) is 23.0 Å². The summed E-state index contributed by atoms with van der Waals surface area (Å²) in [6.07, 6.45) is 4.46. The summed E-state index contributed by atoms with van der Waals surface area (Å²) >= 11 is 0. The molecule has 0 bridgehead atoms. The van der Waals surface area contributed by atoms with Crippen LogP contribution in [0, 0.1) is 5.92 Å². The Morgan fingerprint density at radius 2 is 2.07 bits per heavy atom. The minimum atomic E-state index is -0.424. The molecule has 1 aliphatic heterocycles. The zero-order valence-electron chi connectivity index (χ0n) is 16.4. The maximum atomic E-state index is 12.9. The van der Waals surface area contributed by atoms with Crippen LogP contribution in [0.5, 0.6) is 11.5 Å². The highest BCUT2D eigenvalue weighted by Gasteiger charge is 2.29. The SMILES string of the molecule is COc1ccc(-c2nc(C(=O)N3CCCC3)c([C@H](C)N)o2)cc1OCC1CC1. The Morgan fingerprint density at radius 1 is 1.32 bits per heavy atom. The van der Waals surface area contributed by atoms with Gasteiger partial charge in [-0.15, -0.1) is 0 Å². The van der Waals surface area contributed by atoms with Crippen LogP contribution in [0.4, 0.5) is 0 Å². The number of carbonyl (C=O) groups excluding carboxylic acids is 1. The molecule has 4 rings (SSSR count). The van der Waals surface area contributed by atoms with Gasteiger partial charge >= 0.3 is 0 Å². The van der Waals surface area contributed by atoms with E-state index in [2.05, 4.69) is 4.98 Å². The molecule has 2 aromatic rings. The number of amides is 1. The first kappa shape index (κ1) is 18.8. The lowest BCUT2D eigenvalue weighted by atomic mass is 10.2. The van der Waals surface area contributed by atoms with E-state index in [4.69, 9.17) is 19.6 Å². The van der Waals surface area contributed by atoms with E-state index in [1.807, 2.05) is 23.1 Å². The number of carbonyl (C=O) groups is 1. The maximum Gasteiger partial charge on any atom is 0.276 e. The monoisotopic (exact) mass is 385 g/mol. The zero-order chi connectivity index (χ0) is 19.7. The lowest BCUT2D eigenvalue weighted by Crippen LogP contribution is -2.29. The van der Waals surface area contributed by atoms with E-state index in [1.165, 1.54) is 12.8 Å². The molecule has 1 aromatic heterocycles. The summed E-state index contributed by atoms with van der Waals surface area (Å²) < 4.78 is 17.3. The quantitative estimate of drug-likeness (QED) is 0.786. The van der Waals surface area contributed by atoms with E-state index in [-0.39, 0.29) is 5.91 Å². The number of oxazole rings is 1. The Balaban J connectivity index is 1.65. The smallest absolute Gasteiger partial charge is 0.276 e. The van der Waals surface area contributed by atoms with Gasteiger partial charge in [0.05, 0.1) is 19.8 Å². The highest BCUT2D eigenvalue weighted by Crippen LogP contribution is 2.36. The summed E-state index contributed by atoms with van der Waals surface area (Å²) in [7, 11) is 1.62. The molecule has 1 atom stereocenters. The molecule has 7 heteroatoms. The minimum absolute atomic E-state index is 0.112. The molecule has 7 nitrogen and oxygen atoms in total. The van der Waals surface area contributed by atoms with E-state index in [1.54, 1.807) is 14.0 Å². The number of ether oxygens (including phenoxy) is 2. The Morgan fingerprint density at radius 3 is 2.71 bits per heavy atom. The fraction of sp³-hybridized carbons (Fsp3) is 0.524. The summed E-state index contributed by atoms with van der Waals surface area (Å²) in [5, 5.41) is 0. The molecule has 28 heavy (non-hydrogen) atoms. The molecule has 0 radical (unpaired) electrons. The fourth-order valence-corrected chi connectivity index (χ4v) is 3.40. The second kappa shape index (κ2) is 7.83. The number of nitrogens with two attached hydrogens (primary N) is 1. The predicted octanol–water partition coefficient (Wildman–Crippen LogP) is 3.39. The third kappa shape index (κ3) is 3.85. The van der Waals surface area contributed by atoms with Crippen molar-refractivity contribution in [3.8, 4) is 23.0 Å². The first-order chi connectivity index (χ1) is 13.6. The molecule has 1 saturated carbocycles. The summed E-state index contributed by atoms with van der Waals surface area (Å²) in [5.74, 6) is 2.62. The number of benzene rings is 1. The molecule has 0 unspecified atom stereocenters. The molecule has 1 amide bonds. The van der Waals surface area contributed by atoms with Gasteiger partial charge < -0.3 is 24.5 Å². The van der Waals surface area contributed by atoms with Crippen LogP contribution in [0.25, 0.3) is 11.5 Å². The molecule has 0 spiro atoms. The molecule has 2 N–H and O–H groups in total. The Bertz CT molecular complexity index is 851. The highest BCUT2D eigenvalue weighted by molar-refractivity contribution is 5.94. The molecule has 1 aliphatic carbocycles. The van der Waals surface area contributed by atoms with Crippen LogP contribution >= 0.6 is 0 Å². The largest absolute Gasteiger partial charge is 0.493 e. The van der Waals surface area contributed by atoms with E-state index < -0.39 is 6.04 Å². The van der Waals surface area contributed by atoms with Crippen molar-refractivity contribution in [3.05, 3.63) is 29.7 Å². The van der Waals surface area contributed by atoms with Gasteiger partial charge in [0.25, 0.3) is 5.91 Å². The summed E-state index contributed by atoms with van der Waals surface area (Å²) in [5.41, 5.74) is 7.10. The van der Waals surface area contributed by atoms with Crippen molar-refractivity contribution in [3.63, 3.8) is 0 Å². The van der Waals surface area contributed by atoms with Crippen molar-refractivity contribution in [1.82, 2.24) is 9.88 Å². The second-order valence-corrected chi connectivity index (χ2v) is 7.64. The van der Waals surface area contributed by atoms with Crippen molar-refractivity contribution < 1.29 is 18.7 Å². The first-order valence-corrected chi connectivity index (χ1v) is 9.93. The lowest BCUT2D eigenvalue weighted by molar-refractivity contribution is 0.0784. The van der Waals surface area contributed by atoms with E-state index >= 15 is 0 Å². The third-order valence-corrected chi connectivity index (χ3v) is 5.24. The van der Waals surface area contributed by atoms with Crippen molar-refractivity contribution in [2.45, 2.75) is 38.6 Å². The zero-order valence-corrected chi connectivity index (χ0v) is 16.4. The number of aromatic nitrogens is 1. The molecular formula is C21H27N3O4. The third-order valence-electron chi connectivity index (χ3n) is 5.24. The van der Waals surface area contributed by atoms with Gasteiger partial charge in [0.2, 0.25) is 5.89 Å². The van der Waals surface area contributed by atoms with Crippen LogP contribution in [0.2, 0.25) is 0 Å². The fourth-order valence-electron chi connectivity index (χ4n) is 3.40. The molecule has 2 heterocycles. The van der Waals surface area contributed by atoms with E-state index in [0.717, 1.165) is 31.5 Å². The molecule has 150 valence electrons. The second-order valence-electron chi connectivity index (χ2n) is 7.64. The van der Waals surface area contributed by atoms with Gasteiger partial charge in [-0.3, -0.25) is 4.79 Å². The van der Waals surface area contributed by atoms with Crippen molar-refractivity contribution in [1.29, 1.82) is 0 Å². The van der Waals surface area contributed by atoms with Crippen molar-refractivity contribution in [2.75, 3.05) is 26.8 Å². The van der Waals surface area contributed by atoms with Gasteiger partial charge in [-0.05, 0) is 56.7 Å². The topological polar surface area (TPSA) is 90.8 Å². The Hall–Kier alpha value is -2.54. The van der Waals surface area contributed by atoms with Gasteiger partial charge in [-0.1, -0.05) is 0 Å². The lowest BCUT2D eigenvalue weighted by Gasteiger charge is -2.14. The Labute approximate surface area is 164 Å². The van der Waals surface area contributed by atoms with Crippen LogP contribution in [-0.2, 0) is 0 Å². The first-order valence-electron chi connectivity index (χ1n) is 9.93. The number of rotatable bonds is 7. The van der Waals surface area contributed by atoms with Crippen LogP contribution in [0.15, 0.2) is 22.6 Å². The summed E-state index contributed by atoms with van der Waals surface area (Å²) in [6, 6.07) is 5.10. The predicted molar refractivity (Wildman–Crippen MR) is 104 cm³/mol. The normalized spacial score (nSPS) is 17.6. The number of hydrogen-bond acceptors (Lipinski definition) is 6. The van der Waals surface area contributed by atoms with Crippen LogP contribution in [0.3, 0.4) is 0 Å². The van der Waals surface area contributed by atoms with Gasteiger partial charge in [0.1, 0.15) is 0 Å². The molecule has 1 aromatic carbocycles. The van der Waals surface area contributed by atoms with Crippen LogP contribution in [0.1, 0.15) is 54.9 Å². The van der Waals surface area contributed by atoms with Crippen molar-refractivity contribution in [2.24, 2.45) is 11.7 Å². The molecule has 2 fully saturated rings. The van der Waals surface area contributed by atoms with Crippen molar-refractivity contribution >= 4 is 5.91 Å². The number of methoxy groups -OCH3 is 1. The standard InChI is InChI=1S/C21H27N3O4/c1-13(22)19-18(21(25)24-9-3-4-10-24)23-20(28-19)15-7-8-16(26-2)17(11-15)27-12-14-5-6-14/h7-8,11,13-14H,3-6,9-10,12,22H2,1-2H3/t13-/m0/s1. The molecular weight excluding hydrogens is 358 g/mol. The number of hydrogen-bond donors (Lipinski definition) is 1. The van der Waals surface area contributed by atoms with Crippen LogP contribution < -0.4 is 15.2 Å². The molecule has 2 aliphatic rings. The summed E-state index contributed by atoms with van der Waals surface area (Å²) in [4.78, 5) is 19.2. The number of likely N-dealkylation sites (tertiary alicyclic amines) is 1. The average Bonchev–Trinajstić information content (AvgIpc) is 3.19. The Kier molecular flexibility index (Phi) is 5.26. The van der Waals surface area contributed by atoms with E-state index in [9.17, 15) is 4.79 Å².